The summed E-state index contributed by atoms with van der Waals surface area (Å²) in [6.07, 6.45) is 3.37. The number of aromatic nitrogens is 2. The van der Waals surface area contributed by atoms with Gasteiger partial charge in [-0.2, -0.15) is 4.98 Å². The van der Waals surface area contributed by atoms with Crippen LogP contribution >= 0.6 is 0 Å². The molecule has 0 radical (unpaired) electrons. The molecule has 4 heteroatoms. The van der Waals surface area contributed by atoms with Crippen LogP contribution in [0.15, 0.2) is 4.52 Å². The lowest BCUT2D eigenvalue weighted by atomic mass is 10.1. The SMILES string of the molecule is Cc1nc(CCNCCCC(C)C)no1. The Morgan fingerprint density at radius 2 is 2.13 bits per heavy atom. The number of hydrogen-bond donors (Lipinski definition) is 1. The van der Waals surface area contributed by atoms with Gasteiger partial charge < -0.3 is 9.84 Å². The van der Waals surface area contributed by atoms with E-state index in [1.807, 2.05) is 6.92 Å². The van der Waals surface area contributed by atoms with Crippen molar-refractivity contribution in [1.82, 2.24) is 15.5 Å². The summed E-state index contributed by atoms with van der Waals surface area (Å²) in [5.74, 6) is 2.24. The number of hydrogen-bond acceptors (Lipinski definition) is 4. The van der Waals surface area contributed by atoms with Crippen LogP contribution in [0.25, 0.3) is 0 Å². The average molecular weight is 211 g/mol. The summed E-state index contributed by atoms with van der Waals surface area (Å²) in [6.45, 7) is 8.32. The summed E-state index contributed by atoms with van der Waals surface area (Å²) in [6, 6.07) is 0. The van der Waals surface area contributed by atoms with Gasteiger partial charge in [-0.1, -0.05) is 19.0 Å². The molecule has 0 aromatic carbocycles. The summed E-state index contributed by atoms with van der Waals surface area (Å²) in [5.41, 5.74) is 0. The van der Waals surface area contributed by atoms with E-state index in [2.05, 4.69) is 29.3 Å². The maximum atomic E-state index is 4.89. The van der Waals surface area contributed by atoms with Crippen LogP contribution < -0.4 is 5.32 Å². The van der Waals surface area contributed by atoms with E-state index in [1.165, 1.54) is 12.8 Å². The van der Waals surface area contributed by atoms with Crippen LogP contribution in [0, 0.1) is 12.8 Å². The Kier molecular flexibility index (Phi) is 5.32. The molecule has 0 amide bonds. The summed E-state index contributed by atoms with van der Waals surface area (Å²) in [7, 11) is 0. The van der Waals surface area contributed by atoms with Gasteiger partial charge in [-0.25, -0.2) is 0 Å². The molecule has 1 aromatic rings. The van der Waals surface area contributed by atoms with E-state index in [9.17, 15) is 0 Å². The van der Waals surface area contributed by atoms with Gasteiger partial charge >= 0.3 is 0 Å². The third-order valence-electron chi connectivity index (χ3n) is 2.23. The highest BCUT2D eigenvalue weighted by atomic mass is 16.5. The first-order valence-electron chi connectivity index (χ1n) is 5.68. The van der Waals surface area contributed by atoms with Crippen LogP contribution in [0.4, 0.5) is 0 Å². The maximum absolute atomic E-state index is 4.89. The fraction of sp³-hybridized carbons (Fsp3) is 0.818. The lowest BCUT2D eigenvalue weighted by Gasteiger charge is -2.04. The molecule has 0 spiro atoms. The lowest BCUT2D eigenvalue weighted by molar-refractivity contribution is 0.387. The third kappa shape index (κ3) is 5.52. The van der Waals surface area contributed by atoms with Gasteiger partial charge in [0.15, 0.2) is 5.82 Å². The van der Waals surface area contributed by atoms with Gasteiger partial charge in [0.05, 0.1) is 0 Å². The van der Waals surface area contributed by atoms with E-state index in [0.717, 1.165) is 31.3 Å². The molecule has 0 saturated carbocycles. The molecule has 0 unspecified atom stereocenters. The van der Waals surface area contributed by atoms with E-state index in [4.69, 9.17) is 4.52 Å². The van der Waals surface area contributed by atoms with Crippen molar-refractivity contribution in [2.24, 2.45) is 5.92 Å². The van der Waals surface area contributed by atoms with Crippen molar-refractivity contribution >= 4 is 0 Å². The van der Waals surface area contributed by atoms with Gasteiger partial charge in [0.1, 0.15) is 0 Å². The van der Waals surface area contributed by atoms with Crippen molar-refractivity contribution in [2.75, 3.05) is 13.1 Å². The van der Waals surface area contributed by atoms with E-state index < -0.39 is 0 Å². The Morgan fingerprint density at radius 3 is 2.73 bits per heavy atom. The normalized spacial score (nSPS) is 11.2. The number of nitrogens with one attached hydrogen (secondary N) is 1. The van der Waals surface area contributed by atoms with Crippen LogP contribution in [-0.4, -0.2) is 23.2 Å². The molecule has 0 atom stereocenters. The molecular weight excluding hydrogens is 190 g/mol. The molecule has 4 nitrogen and oxygen atoms in total. The number of aryl methyl sites for hydroxylation is 1. The van der Waals surface area contributed by atoms with E-state index in [1.54, 1.807) is 0 Å². The monoisotopic (exact) mass is 211 g/mol. The van der Waals surface area contributed by atoms with Gasteiger partial charge in [0, 0.05) is 19.9 Å². The van der Waals surface area contributed by atoms with Gasteiger partial charge in [-0.15, -0.1) is 0 Å². The van der Waals surface area contributed by atoms with Crippen LogP contribution in [0.5, 0.6) is 0 Å². The number of rotatable bonds is 7. The second kappa shape index (κ2) is 6.56. The van der Waals surface area contributed by atoms with Crippen molar-refractivity contribution in [3.63, 3.8) is 0 Å². The Hall–Kier alpha value is -0.900. The standard InChI is InChI=1S/C11H21N3O/c1-9(2)5-4-7-12-8-6-11-13-10(3)15-14-11/h9,12H,4-8H2,1-3H3. The molecule has 0 saturated heterocycles. The van der Waals surface area contributed by atoms with Crippen LogP contribution in [0.2, 0.25) is 0 Å². The molecule has 0 aliphatic heterocycles. The second-order valence-electron chi connectivity index (χ2n) is 4.27. The molecule has 15 heavy (non-hydrogen) atoms. The summed E-state index contributed by atoms with van der Waals surface area (Å²) >= 11 is 0. The molecule has 1 N–H and O–H groups in total. The Morgan fingerprint density at radius 1 is 1.33 bits per heavy atom. The zero-order chi connectivity index (χ0) is 11.1. The molecule has 1 aromatic heterocycles. The molecule has 86 valence electrons. The van der Waals surface area contributed by atoms with Crippen molar-refractivity contribution in [3.8, 4) is 0 Å². The Labute approximate surface area is 91.5 Å². The third-order valence-corrected chi connectivity index (χ3v) is 2.23. The summed E-state index contributed by atoms with van der Waals surface area (Å²) < 4.78 is 4.89. The molecule has 1 rings (SSSR count). The first-order valence-corrected chi connectivity index (χ1v) is 5.68. The van der Waals surface area contributed by atoms with Gasteiger partial charge in [0.25, 0.3) is 0 Å². The minimum Gasteiger partial charge on any atom is -0.340 e. The topological polar surface area (TPSA) is 51.0 Å². The van der Waals surface area contributed by atoms with E-state index in [0.29, 0.717) is 5.89 Å². The molecule has 1 heterocycles. The highest BCUT2D eigenvalue weighted by Gasteiger charge is 2.00. The molecular formula is C11H21N3O. The van der Waals surface area contributed by atoms with Crippen molar-refractivity contribution in [3.05, 3.63) is 11.7 Å². The smallest absolute Gasteiger partial charge is 0.223 e. The molecule has 0 bridgehead atoms. The fourth-order valence-corrected chi connectivity index (χ4v) is 1.40. The van der Waals surface area contributed by atoms with Gasteiger partial charge in [0.2, 0.25) is 5.89 Å². The summed E-state index contributed by atoms with van der Waals surface area (Å²) in [4.78, 5) is 4.14. The largest absolute Gasteiger partial charge is 0.340 e. The molecule has 0 aliphatic carbocycles. The van der Waals surface area contributed by atoms with E-state index >= 15 is 0 Å². The minimum absolute atomic E-state index is 0.643. The highest BCUT2D eigenvalue weighted by molar-refractivity contribution is 4.84. The van der Waals surface area contributed by atoms with E-state index in [-0.39, 0.29) is 0 Å². The number of nitrogens with zero attached hydrogens (tertiary/aromatic N) is 2. The fourth-order valence-electron chi connectivity index (χ4n) is 1.40. The van der Waals surface area contributed by atoms with Gasteiger partial charge in [-0.05, 0) is 25.3 Å². The predicted molar refractivity (Wildman–Crippen MR) is 59.7 cm³/mol. The van der Waals surface area contributed by atoms with Crippen molar-refractivity contribution in [2.45, 2.75) is 40.0 Å². The highest BCUT2D eigenvalue weighted by Crippen LogP contribution is 2.01. The van der Waals surface area contributed by atoms with Crippen molar-refractivity contribution < 1.29 is 4.52 Å². The van der Waals surface area contributed by atoms with Crippen molar-refractivity contribution in [1.29, 1.82) is 0 Å². The zero-order valence-corrected chi connectivity index (χ0v) is 9.92. The first-order chi connectivity index (χ1) is 7.18. The Bertz CT molecular complexity index is 271. The zero-order valence-electron chi connectivity index (χ0n) is 9.92. The summed E-state index contributed by atoms with van der Waals surface area (Å²) in [5, 5.41) is 7.21. The quantitative estimate of drug-likeness (QED) is 0.700. The minimum atomic E-state index is 0.643. The van der Waals surface area contributed by atoms with Crippen LogP contribution in [-0.2, 0) is 6.42 Å². The maximum Gasteiger partial charge on any atom is 0.223 e. The Balaban J connectivity index is 1.98. The van der Waals surface area contributed by atoms with Gasteiger partial charge in [-0.3, -0.25) is 0 Å². The average Bonchev–Trinajstić information content (AvgIpc) is 2.57. The second-order valence-corrected chi connectivity index (χ2v) is 4.27. The van der Waals surface area contributed by atoms with Crippen LogP contribution in [0.1, 0.15) is 38.4 Å². The lowest BCUT2D eigenvalue weighted by Crippen LogP contribution is -2.19. The molecule has 0 fully saturated rings. The first kappa shape index (κ1) is 12.2. The predicted octanol–water partition coefficient (Wildman–Crippen LogP) is 1.95. The molecule has 0 aliphatic rings. The van der Waals surface area contributed by atoms with Crippen LogP contribution in [0.3, 0.4) is 0 Å².